The van der Waals surface area contributed by atoms with Gasteiger partial charge in [-0.3, -0.25) is 9.59 Å². The molecule has 5 rings (SSSR count). The highest BCUT2D eigenvalue weighted by molar-refractivity contribution is 9.10. The second kappa shape index (κ2) is 10.4. The molecule has 1 aliphatic rings. The molecule has 0 unspecified atom stereocenters. The second-order valence-electron chi connectivity index (χ2n) is 11.0. The van der Waals surface area contributed by atoms with Gasteiger partial charge in [0.25, 0.3) is 11.8 Å². The lowest BCUT2D eigenvalue weighted by Gasteiger charge is -2.33. The van der Waals surface area contributed by atoms with E-state index < -0.39 is 23.7 Å². The Morgan fingerprint density at radius 1 is 1.20 bits per heavy atom. The zero-order chi connectivity index (χ0) is 29.9. The minimum absolute atomic E-state index is 0.0226. The van der Waals surface area contributed by atoms with E-state index in [0.717, 1.165) is 29.3 Å². The number of carbonyl (C=O) groups excluding carboxylic acids is 2. The summed E-state index contributed by atoms with van der Waals surface area (Å²) in [7, 11) is 1.48. The molecule has 0 aliphatic heterocycles. The van der Waals surface area contributed by atoms with Gasteiger partial charge in [0, 0.05) is 10.4 Å². The molecule has 3 N–H and O–H groups in total. The van der Waals surface area contributed by atoms with Gasteiger partial charge in [-0.05, 0) is 82.4 Å². The molecule has 0 fully saturated rings. The molecule has 13 heteroatoms. The molecule has 8 nitrogen and oxygen atoms in total. The number of fused-ring (bicyclic) bond motifs is 2. The number of hydrogen-bond donors (Lipinski definition) is 2. The van der Waals surface area contributed by atoms with Crippen LogP contribution in [-0.4, -0.2) is 33.5 Å². The molecule has 3 aromatic heterocycles. The van der Waals surface area contributed by atoms with Gasteiger partial charge in [0.1, 0.15) is 10.8 Å². The quantitative estimate of drug-likeness (QED) is 0.248. The van der Waals surface area contributed by atoms with E-state index in [0.29, 0.717) is 28.2 Å². The number of amides is 2. The van der Waals surface area contributed by atoms with Gasteiger partial charge in [-0.1, -0.05) is 20.8 Å². The first-order chi connectivity index (χ1) is 19.2. The number of primary amides is 1. The van der Waals surface area contributed by atoms with E-state index in [-0.39, 0.29) is 37.5 Å². The van der Waals surface area contributed by atoms with Crippen LogP contribution in [0.2, 0.25) is 0 Å². The molecule has 216 valence electrons. The van der Waals surface area contributed by atoms with Crippen LogP contribution in [0.5, 0.6) is 5.75 Å². The summed E-state index contributed by atoms with van der Waals surface area (Å²) in [6, 6.07) is 7.27. The lowest BCUT2D eigenvalue weighted by atomic mass is 9.72. The number of anilines is 1. The number of aromatic nitrogens is 3. The van der Waals surface area contributed by atoms with Crippen molar-refractivity contribution >= 4 is 49.7 Å². The molecule has 3 heterocycles. The van der Waals surface area contributed by atoms with Crippen molar-refractivity contribution < 1.29 is 27.5 Å². The lowest BCUT2D eigenvalue weighted by molar-refractivity contribution is -0.142. The number of benzene rings is 1. The van der Waals surface area contributed by atoms with Crippen LogP contribution in [0.4, 0.5) is 18.2 Å². The molecule has 0 saturated heterocycles. The predicted octanol–water partition coefficient (Wildman–Crippen LogP) is 6.75. The number of rotatable bonds is 5. The minimum Gasteiger partial charge on any atom is -0.497 e. The Morgan fingerprint density at radius 3 is 2.46 bits per heavy atom. The van der Waals surface area contributed by atoms with Crippen LogP contribution in [0, 0.1) is 11.3 Å². The van der Waals surface area contributed by atoms with Crippen LogP contribution in [-0.2, 0) is 19.0 Å². The molecule has 0 saturated carbocycles. The predicted molar refractivity (Wildman–Crippen MR) is 153 cm³/mol. The average Bonchev–Trinajstić information content (AvgIpc) is 3.43. The Labute approximate surface area is 246 Å². The van der Waals surface area contributed by atoms with E-state index in [1.165, 1.54) is 18.4 Å². The number of nitrogens with one attached hydrogen (secondary N) is 1. The van der Waals surface area contributed by atoms with E-state index in [1.54, 1.807) is 24.3 Å². The van der Waals surface area contributed by atoms with Crippen LogP contribution in [0.25, 0.3) is 16.9 Å². The van der Waals surface area contributed by atoms with Gasteiger partial charge in [-0.15, -0.1) is 11.3 Å². The number of nitrogens with zero attached hydrogens (tertiary/aromatic N) is 3. The Balaban J connectivity index is 1.55. The Morgan fingerprint density at radius 2 is 1.88 bits per heavy atom. The zero-order valence-electron chi connectivity index (χ0n) is 22.6. The molecule has 0 radical (unpaired) electrons. The van der Waals surface area contributed by atoms with Crippen molar-refractivity contribution in [1.82, 2.24) is 14.6 Å². The normalized spacial score (nSPS) is 15.6. The number of thiophene rings is 1. The highest BCUT2D eigenvalue weighted by Crippen LogP contribution is 2.44. The van der Waals surface area contributed by atoms with Gasteiger partial charge in [-0.25, -0.2) is 9.50 Å². The summed E-state index contributed by atoms with van der Waals surface area (Å²) in [5, 5.41) is 6.93. The van der Waals surface area contributed by atoms with Gasteiger partial charge >= 0.3 is 6.18 Å². The van der Waals surface area contributed by atoms with Crippen molar-refractivity contribution in [1.29, 1.82) is 0 Å². The molecular weight excluding hydrogens is 623 g/mol. The topological polar surface area (TPSA) is 112 Å². The highest BCUT2D eigenvalue weighted by atomic mass is 79.9. The fraction of sp³-hybridized carbons (Fsp3) is 0.357. The van der Waals surface area contributed by atoms with Crippen molar-refractivity contribution in [3.05, 3.63) is 62.2 Å². The summed E-state index contributed by atoms with van der Waals surface area (Å²) in [5.41, 5.74) is 5.67. The SMILES string of the molecule is COc1ccc(-c2cc(C(F)(F)F)n3nc(C(=O)Nc4sc5c(c4C(N)=O)CC[C@H](C(C)(C)C)C5)c(Br)c3n2)cc1. The molecule has 2 amide bonds. The molecule has 0 bridgehead atoms. The van der Waals surface area contributed by atoms with E-state index in [1.807, 2.05) is 0 Å². The third-order valence-corrected chi connectivity index (χ3v) is 9.29. The molecule has 1 atom stereocenters. The Bertz CT molecular complexity index is 1670. The second-order valence-corrected chi connectivity index (χ2v) is 12.9. The Hall–Kier alpha value is -3.45. The minimum atomic E-state index is -4.79. The fourth-order valence-corrected chi connectivity index (χ4v) is 6.93. The number of nitrogens with two attached hydrogens (primary N) is 1. The molecule has 41 heavy (non-hydrogen) atoms. The van der Waals surface area contributed by atoms with Crippen LogP contribution >= 0.6 is 27.3 Å². The monoisotopic (exact) mass is 649 g/mol. The van der Waals surface area contributed by atoms with Gasteiger partial charge < -0.3 is 15.8 Å². The molecular formula is C28H27BrF3N5O3S. The van der Waals surface area contributed by atoms with E-state index >= 15 is 0 Å². The number of halogens is 4. The first kappa shape index (κ1) is 29.1. The standard InChI is InChI=1S/C28H27BrF3N5O3S/c1-27(2,3)14-7-10-16-18(11-14)41-26(20(16)23(33)38)35-25(39)22-21(29)24-34-17(13-5-8-15(40-4)9-6-13)12-19(28(30,31)32)37(24)36-22/h5-6,8-9,12,14H,7,10-11H2,1-4H3,(H2,33,38)(H,35,39)/t14-/m0/s1. The van der Waals surface area contributed by atoms with Crippen molar-refractivity contribution in [3.8, 4) is 17.0 Å². The lowest BCUT2D eigenvalue weighted by Crippen LogP contribution is -2.27. The summed E-state index contributed by atoms with van der Waals surface area (Å²) >= 11 is 4.52. The smallest absolute Gasteiger partial charge is 0.433 e. The van der Waals surface area contributed by atoms with Crippen LogP contribution in [0.1, 0.15) is 64.2 Å². The summed E-state index contributed by atoms with van der Waals surface area (Å²) < 4.78 is 48.1. The molecule has 0 spiro atoms. The van der Waals surface area contributed by atoms with Gasteiger partial charge in [0.05, 0.1) is 22.8 Å². The van der Waals surface area contributed by atoms with Gasteiger partial charge in [0.2, 0.25) is 0 Å². The first-order valence-electron chi connectivity index (χ1n) is 12.8. The van der Waals surface area contributed by atoms with Crippen molar-refractivity contribution in [3.63, 3.8) is 0 Å². The van der Waals surface area contributed by atoms with E-state index in [9.17, 15) is 22.8 Å². The number of ether oxygens (including phenoxy) is 1. The van der Waals surface area contributed by atoms with E-state index in [4.69, 9.17) is 10.5 Å². The first-order valence-corrected chi connectivity index (χ1v) is 14.4. The van der Waals surface area contributed by atoms with E-state index in [2.05, 4.69) is 52.1 Å². The van der Waals surface area contributed by atoms with Crippen LogP contribution in [0.3, 0.4) is 0 Å². The van der Waals surface area contributed by atoms with Crippen molar-refractivity contribution in [2.24, 2.45) is 17.1 Å². The maximum Gasteiger partial charge on any atom is 0.433 e. The van der Waals surface area contributed by atoms with Gasteiger partial charge in [0.15, 0.2) is 17.0 Å². The maximum atomic E-state index is 14.1. The van der Waals surface area contributed by atoms with Gasteiger partial charge in [-0.2, -0.15) is 18.3 Å². The summed E-state index contributed by atoms with van der Waals surface area (Å²) in [5.74, 6) is -0.548. The number of carbonyl (C=O) groups is 2. The zero-order valence-corrected chi connectivity index (χ0v) is 25.1. The summed E-state index contributed by atoms with van der Waals surface area (Å²) in [6.45, 7) is 6.49. The number of alkyl halides is 3. The maximum absolute atomic E-state index is 14.1. The number of hydrogen-bond acceptors (Lipinski definition) is 6. The highest BCUT2D eigenvalue weighted by Gasteiger charge is 2.37. The third-order valence-electron chi connectivity index (χ3n) is 7.39. The van der Waals surface area contributed by atoms with Crippen molar-refractivity contribution in [2.45, 2.75) is 46.2 Å². The van der Waals surface area contributed by atoms with Crippen LogP contribution < -0.4 is 15.8 Å². The molecule has 4 aromatic rings. The largest absolute Gasteiger partial charge is 0.497 e. The Kier molecular flexibility index (Phi) is 7.39. The molecule has 1 aromatic carbocycles. The third kappa shape index (κ3) is 5.44. The summed E-state index contributed by atoms with van der Waals surface area (Å²) in [6.07, 6.45) is -2.53. The van der Waals surface area contributed by atoms with Crippen molar-refractivity contribution in [2.75, 3.05) is 12.4 Å². The fourth-order valence-electron chi connectivity index (χ4n) is 5.08. The summed E-state index contributed by atoms with van der Waals surface area (Å²) in [4.78, 5) is 31.2. The molecule has 1 aliphatic carbocycles. The average molecular weight is 651 g/mol. The number of methoxy groups -OCH3 is 1. The van der Waals surface area contributed by atoms with Crippen LogP contribution in [0.15, 0.2) is 34.8 Å².